The fourth-order valence-corrected chi connectivity index (χ4v) is 5.94. The molecule has 0 bridgehead atoms. The Morgan fingerprint density at radius 2 is 1.35 bits per heavy atom. The zero-order valence-electron chi connectivity index (χ0n) is 16.0. The summed E-state index contributed by atoms with van der Waals surface area (Å²) in [7, 11) is 3.62. The maximum atomic E-state index is 6.31. The molecule has 7 nitrogen and oxygen atoms in total. The summed E-state index contributed by atoms with van der Waals surface area (Å²) in [5.74, 6) is 1.06. The maximum absolute atomic E-state index is 6.31. The molecule has 0 radical (unpaired) electrons. The first-order valence-corrected chi connectivity index (χ1v) is 10.2. The van der Waals surface area contributed by atoms with Gasteiger partial charge < -0.3 is 18.9 Å². The van der Waals surface area contributed by atoms with Crippen molar-refractivity contribution in [3.63, 3.8) is 0 Å². The first-order chi connectivity index (χ1) is 12.7. The Labute approximate surface area is 155 Å². The molecule has 3 fully saturated rings. The van der Waals surface area contributed by atoms with Crippen LogP contribution in [0.15, 0.2) is 0 Å². The second-order valence-electron chi connectivity index (χ2n) is 8.55. The molecule has 5 rings (SSSR count). The van der Waals surface area contributed by atoms with Gasteiger partial charge in [-0.25, -0.2) is 10.6 Å². The summed E-state index contributed by atoms with van der Waals surface area (Å²) in [5, 5.41) is 7.50. The topological polar surface area (TPSA) is 64.0 Å². The molecule has 0 aromatic carbocycles. The average molecular weight is 366 g/mol. The summed E-state index contributed by atoms with van der Waals surface area (Å²) in [6.07, 6.45) is 8.71. The number of ether oxygens (including phenoxy) is 4. The first kappa shape index (κ1) is 17.2. The van der Waals surface area contributed by atoms with Gasteiger partial charge in [0, 0.05) is 39.9 Å². The maximum Gasteiger partial charge on any atom is 0.351 e. The molecule has 1 unspecified atom stereocenters. The molecule has 6 atom stereocenters. The molecule has 0 aromatic heterocycles. The molecule has 146 valence electrons. The number of nitrogens with one attached hydrogen (secondary N) is 2. The van der Waals surface area contributed by atoms with Crippen LogP contribution in [-0.2, 0) is 18.9 Å². The largest absolute Gasteiger partial charge is 0.375 e. The number of methoxy groups -OCH3 is 2. The summed E-state index contributed by atoms with van der Waals surface area (Å²) in [5.41, 5.74) is -0.585. The van der Waals surface area contributed by atoms with Gasteiger partial charge in [-0.05, 0) is 25.7 Å². The highest BCUT2D eigenvalue weighted by atomic mass is 16.5. The van der Waals surface area contributed by atoms with E-state index in [1.54, 1.807) is 0 Å². The van der Waals surface area contributed by atoms with Crippen molar-refractivity contribution in [3.8, 4) is 0 Å². The average Bonchev–Trinajstić information content (AvgIpc) is 2.95. The number of rotatable bonds is 2. The van der Waals surface area contributed by atoms with Gasteiger partial charge in [-0.2, -0.15) is 0 Å². The third-order valence-corrected chi connectivity index (χ3v) is 7.08. The van der Waals surface area contributed by atoms with E-state index in [2.05, 4.69) is 15.2 Å². The van der Waals surface area contributed by atoms with E-state index in [1.165, 1.54) is 12.8 Å². The lowest BCUT2D eigenvalue weighted by molar-refractivity contribution is -0.609. The smallest absolute Gasteiger partial charge is 0.351 e. The minimum absolute atomic E-state index is 0.0463. The molecule has 0 aromatic rings. The Kier molecular flexibility index (Phi) is 4.19. The lowest BCUT2D eigenvalue weighted by atomic mass is 9.91. The van der Waals surface area contributed by atoms with Gasteiger partial charge in [-0.1, -0.05) is 0 Å². The van der Waals surface area contributed by atoms with Gasteiger partial charge in [-0.3, -0.25) is 4.58 Å². The van der Waals surface area contributed by atoms with Crippen molar-refractivity contribution in [1.29, 1.82) is 0 Å². The molecule has 0 saturated carbocycles. The third-order valence-electron chi connectivity index (χ3n) is 7.08. The van der Waals surface area contributed by atoms with Gasteiger partial charge in [0.25, 0.3) is 0 Å². The molecule has 2 N–H and O–H groups in total. The Balaban J connectivity index is 1.55. The number of hydrogen-bond acceptors (Lipinski definition) is 6. The van der Waals surface area contributed by atoms with Gasteiger partial charge in [0.05, 0.1) is 13.2 Å². The van der Waals surface area contributed by atoms with Crippen LogP contribution >= 0.6 is 0 Å². The lowest BCUT2D eigenvalue weighted by Gasteiger charge is -2.47. The molecule has 0 amide bonds. The van der Waals surface area contributed by atoms with E-state index in [-0.39, 0.29) is 35.7 Å². The summed E-state index contributed by atoms with van der Waals surface area (Å²) in [6.45, 7) is 1.65. The molecule has 0 aliphatic carbocycles. The lowest BCUT2D eigenvalue weighted by Crippen LogP contribution is -2.72. The molecular weight excluding hydrogens is 334 g/mol. The summed E-state index contributed by atoms with van der Waals surface area (Å²) < 4.78 is 27.0. The Hall–Kier alpha value is -0.890. The van der Waals surface area contributed by atoms with Crippen molar-refractivity contribution in [2.45, 2.75) is 87.1 Å². The zero-order valence-corrected chi connectivity index (χ0v) is 16.0. The Morgan fingerprint density at radius 3 is 1.73 bits per heavy atom. The van der Waals surface area contributed by atoms with Gasteiger partial charge in [-0.15, -0.1) is 0 Å². The van der Waals surface area contributed by atoms with Crippen LogP contribution in [-0.4, -0.2) is 73.7 Å². The minimum atomic E-state index is -0.293. The van der Waals surface area contributed by atoms with E-state index in [4.69, 9.17) is 18.9 Å². The van der Waals surface area contributed by atoms with Crippen molar-refractivity contribution in [1.82, 2.24) is 10.6 Å². The molecule has 26 heavy (non-hydrogen) atoms. The summed E-state index contributed by atoms with van der Waals surface area (Å²) in [4.78, 5) is 0. The highest BCUT2D eigenvalue weighted by Crippen LogP contribution is 2.43. The van der Waals surface area contributed by atoms with E-state index < -0.39 is 0 Å². The Bertz CT molecular complexity index is 535. The molecule has 5 aliphatic rings. The van der Waals surface area contributed by atoms with Crippen LogP contribution in [0.3, 0.4) is 0 Å². The van der Waals surface area contributed by atoms with Crippen LogP contribution in [0.25, 0.3) is 0 Å². The third kappa shape index (κ3) is 2.51. The Morgan fingerprint density at radius 1 is 0.846 bits per heavy atom. The molecule has 5 heterocycles. The van der Waals surface area contributed by atoms with Gasteiger partial charge in [0.1, 0.15) is 24.3 Å². The monoisotopic (exact) mass is 366 g/mol. The van der Waals surface area contributed by atoms with Crippen molar-refractivity contribution in [3.05, 3.63) is 0 Å². The highest BCUT2D eigenvalue weighted by molar-refractivity contribution is 5.77. The molecule has 7 heteroatoms. The standard InChI is InChI=1S/C19H31N3O4/c1-23-15-13-11-18(7-3-5-9-25-18)20-17-21-19(8-4-6-10-26-19)12-14(22(13)17)16(15)24-2/h13-16H,3-12H2,1-2H3,(H,20,21)/p+1/t13-,14-,15-,16-,18+,19?/m0/s1. The van der Waals surface area contributed by atoms with E-state index in [1.807, 2.05) is 14.2 Å². The predicted octanol–water partition coefficient (Wildman–Crippen LogP) is 0.916. The second-order valence-corrected chi connectivity index (χ2v) is 8.55. The molecule has 5 aliphatic heterocycles. The molecular formula is C19H32N3O4+. The van der Waals surface area contributed by atoms with E-state index >= 15 is 0 Å². The summed E-state index contributed by atoms with van der Waals surface area (Å²) >= 11 is 0. The van der Waals surface area contributed by atoms with Crippen LogP contribution in [0, 0.1) is 0 Å². The number of nitrogens with zero attached hydrogens (tertiary/aromatic N) is 1. The quantitative estimate of drug-likeness (QED) is 0.709. The fraction of sp³-hybridized carbons (Fsp3) is 0.947. The van der Waals surface area contributed by atoms with E-state index in [9.17, 15) is 0 Å². The fourth-order valence-electron chi connectivity index (χ4n) is 5.94. The van der Waals surface area contributed by atoms with Crippen LogP contribution < -0.4 is 10.6 Å². The van der Waals surface area contributed by atoms with Crippen LogP contribution in [0.5, 0.6) is 0 Å². The second kappa shape index (κ2) is 6.33. The van der Waals surface area contributed by atoms with Gasteiger partial charge in [0.15, 0.2) is 11.4 Å². The van der Waals surface area contributed by atoms with Crippen LogP contribution in [0.1, 0.15) is 51.4 Å². The minimum Gasteiger partial charge on any atom is -0.375 e. The first-order valence-electron chi connectivity index (χ1n) is 10.2. The number of guanidine groups is 1. The van der Waals surface area contributed by atoms with Crippen molar-refractivity contribution in [2.75, 3.05) is 27.4 Å². The van der Waals surface area contributed by atoms with Gasteiger partial charge in [0.2, 0.25) is 0 Å². The zero-order chi connectivity index (χ0) is 17.8. The molecule has 2 spiro atoms. The van der Waals surface area contributed by atoms with Gasteiger partial charge >= 0.3 is 5.96 Å². The van der Waals surface area contributed by atoms with Crippen molar-refractivity contribution >= 4 is 5.96 Å². The van der Waals surface area contributed by atoms with E-state index in [0.717, 1.165) is 57.7 Å². The highest BCUT2D eigenvalue weighted by Gasteiger charge is 2.63. The van der Waals surface area contributed by atoms with Crippen LogP contribution in [0.4, 0.5) is 0 Å². The van der Waals surface area contributed by atoms with E-state index in [0.29, 0.717) is 0 Å². The van der Waals surface area contributed by atoms with Crippen molar-refractivity contribution in [2.24, 2.45) is 0 Å². The van der Waals surface area contributed by atoms with Crippen molar-refractivity contribution < 1.29 is 23.5 Å². The SMILES string of the molecule is CO[C@@H]1[C@@H](OC)[C@@H]2C[C@]3(CCCCO3)NC3=[N+]2[C@H]1CC1(CCCCO1)N3. The number of hydrogen-bond donors (Lipinski definition) is 2. The summed E-state index contributed by atoms with van der Waals surface area (Å²) in [6, 6.07) is 0.524. The molecule has 3 saturated heterocycles. The predicted molar refractivity (Wildman–Crippen MR) is 95.0 cm³/mol. The normalized spacial score (nSPS) is 47.6. The van der Waals surface area contributed by atoms with Crippen LogP contribution in [0.2, 0.25) is 0 Å².